The molecule has 1 aromatic heterocycles. The summed E-state index contributed by atoms with van der Waals surface area (Å²) in [5.74, 6) is -0.174. The van der Waals surface area contributed by atoms with E-state index in [1.54, 1.807) is 11.6 Å². The van der Waals surface area contributed by atoms with Crippen molar-refractivity contribution in [2.24, 2.45) is 7.05 Å². The quantitative estimate of drug-likeness (QED) is 0.439. The highest BCUT2D eigenvalue weighted by molar-refractivity contribution is 5.91. The molecule has 0 saturated heterocycles. The molecular weight excluding hydrogens is 336 g/mol. The lowest BCUT2D eigenvalue weighted by Crippen LogP contribution is -1.97. The molecule has 0 spiro atoms. The van der Waals surface area contributed by atoms with Gasteiger partial charge in [0.2, 0.25) is 5.75 Å². The highest BCUT2D eigenvalue weighted by atomic mass is 16.6. The number of methoxy groups -OCH3 is 1. The van der Waals surface area contributed by atoms with Gasteiger partial charge in [-0.1, -0.05) is 12.1 Å². The lowest BCUT2D eigenvalue weighted by molar-refractivity contribution is -0.386. The van der Waals surface area contributed by atoms with Crippen LogP contribution in [0.2, 0.25) is 0 Å². The van der Waals surface area contributed by atoms with E-state index in [2.05, 4.69) is 11.1 Å². The molecule has 0 aliphatic carbocycles. The largest absolute Gasteiger partial charge is 0.500 e. The maximum Gasteiger partial charge on any atom is 0.315 e. The Morgan fingerprint density at radius 1 is 1.42 bits per heavy atom. The maximum absolute atomic E-state index is 11.1. The zero-order valence-corrected chi connectivity index (χ0v) is 14.0. The summed E-state index contributed by atoms with van der Waals surface area (Å²) in [4.78, 5) is 14.9. The molecule has 0 aliphatic rings. The molecule has 8 nitrogen and oxygen atoms in total. The number of aryl methyl sites for hydroxylation is 1. The van der Waals surface area contributed by atoms with Crippen LogP contribution in [0.1, 0.15) is 11.4 Å². The average molecular weight is 350 g/mol. The number of ether oxygens (including phenoxy) is 1. The van der Waals surface area contributed by atoms with Gasteiger partial charge in [-0.3, -0.25) is 10.1 Å². The van der Waals surface area contributed by atoms with Gasteiger partial charge in [0, 0.05) is 13.1 Å². The molecule has 1 N–H and O–H groups in total. The number of nitro groups is 1. The molecule has 8 heteroatoms. The Morgan fingerprint density at radius 2 is 2.15 bits per heavy atom. The molecule has 2 aromatic carbocycles. The minimum Gasteiger partial charge on any atom is -0.500 e. The summed E-state index contributed by atoms with van der Waals surface area (Å²) in [6, 6.07) is 12.1. The number of phenols is 1. The number of aromatic nitrogens is 2. The smallest absolute Gasteiger partial charge is 0.315 e. The first-order valence-electron chi connectivity index (χ1n) is 7.55. The predicted molar refractivity (Wildman–Crippen MR) is 95.5 cm³/mol. The number of imidazole rings is 1. The van der Waals surface area contributed by atoms with E-state index >= 15 is 0 Å². The highest BCUT2D eigenvalue weighted by Gasteiger charge is 2.20. The third-order valence-electron chi connectivity index (χ3n) is 3.95. The first-order chi connectivity index (χ1) is 12.5. The van der Waals surface area contributed by atoms with Gasteiger partial charge in [0.1, 0.15) is 6.07 Å². The van der Waals surface area contributed by atoms with E-state index in [0.29, 0.717) is 11.4 Å². The lowest BCUT2D eigenvalue weighted by atomic mass is 10.1. The standard InChI is InChI=1S/C18H14N4O4/c1-21-14-6-4-3-5-13(14)20-18(21)12(10-19)7-11-8-15(22(24)25)17(23)16(9-11)26-2/h3-9,23H,1-2H3. The molecule has 1 heterocycles. The van der Waals surface area contributed by atoms with Gasteiger partial charge in [0.25, 0.3) is 0 Å². The van der Waals surface area contributed by atoms with Crippen LogP contribution in [0.4, 0.5) is 5.69 Å². The van der Waals surface area contributed by atoms with E-state index < -0.39 is 16.4 Å². The van der Waals surface area contributed by atoms with Crippen LogP contribution in [0.5, 0.6) is 11.5 Å². The fourth-order valence-electron chi connectivity index (χ4n) is 2.69. The number of para-hydroxylation sites is 2. The van der Waals surface area contributed by atoms with Crippen LogP contribution in [0.25, 0.3) is 22.7 Å². The number of phenolic OH excluding ortho intramolecular Hbond substituents is 1. The first-order valence-corrected chi connectivity index (χ1v) is 7.55. The second-order valence-corrected chi connectivity index (χ2v) is 5.50. The zero-order valence-electron chi connectivity index (χ0n) is 14.0. The molecule has 3 aromatic rings. The van der Waals surface area contributed by atoms with Crippen LogP contribution in [0.3, 0.4) is 0 Å². The minimum absolute atomic E-state index is 0.0484. The Bertz CT molecular complexity index is 1090. The van der Waals surface area contributed by atoms with Crippen LogP contribution in [0.15, 0.2) is 36.4 Å². The van der Waals surface area contributed by atoms with Gasteiger partial charge in [0.05, 0.1) is 28.6 Å². The molecule has 26 heavy (non-hydrogen) atoms. The molecule has 0 bridgehead atoms. The summed E-state index contributed by atoms with van der Waals surface area (Å²) in [6.45, 7) is 0. The number of allylic oxidation sites excluding steroid dienone is 1. The van der Waals surface area contributed by atoms with Gasteiger partial charge in [-0.2, -0.15) is 5.26 Å². The van der Waals surface area contributed by atoms with Gasteiger partial charge in [-0.15, -0.1) is 0 Å². The summed E-state index contributed by atoms with van der Waals surface area (Å²) in [5.41, 5.74) is 1.66. The van der Waals surface area contributed by atoms with Gasteiger partial charge >= 0.3 is 5.69 Å². The van der Waals surface area contributed by atoms with Crippen LogP contribution in [-0.4, -0.2) is 26.7 Å². The van der Waals surface area contributed by atoms with Crippen LogP contribution >= 0.6 is 0 Å². The SMILES string of the molecule is COc1cc(C=C(C#N)c2nc3ccccc3n2C)cc([N+](=O)[O-])c1O. The molecular formula is C18H14N4O4. The molecule has 0 radical (unpaired) electrons. The van der Waals surface area contributed by atoms with Crippen LogP contribution in [0, 0.1) is 21.4 Å². The Labute approximate surface area is 148 Å². The molecule has 0 atom stereocenters. The number of fused-ring (bicyclic) bond motifs is 1. The maximum atomic E-state index is 11.1. The van der Waals surface area contributed by atoms with E-state index in [1.165, 1.54) is 25.3 Å². The number of nitriles is 1. The average Bonchev–Trinajstić information content (AvgIpc) is 2.97. The first kappa shape index (κ1) is 17.0. The van der Waals surface area contributed by atoms with Crippen molar-refractivity contribution in [2.45, 2.75) is 0 Å². The minimum atomic E-state index is -0.712. The van der Waals surface area contributed by atoms with E-state index in [-0.39, 0.29) is 11.3 Å². The molecule has 0 saturated carbocycles. The zero-order chi connectivity index (χ0) is 18.8. The van der Waals surface area contributed by atoms with Crippen molar-refractivity contribution in [1.82, 2.24) is 9.55 Å². The Hall–Kier alpha value is -3.86. The monoisotopic (exact) mass is 350 g/mol. The number of rotatable bonds is 4. The topological polar surface area (TPSA) is 114 Å². The van der Waals surface area contributed by atoms with Gasteiger partial charge in [-0.05, 0) is 29.8 Å². The Morgan fingerprint density at radius 3 is 2.77 bits per heavy atom. The highest BCUT2D eigenvalue weighted by Crippen LogP contribution is 2.37. The van der Waals surface area contributed by atoms with Crippen molar-refractivity contribution < 1.29 is 14.8 Å². The molecule has 0 aliphatic heterocycles. The fraction of sp³-hybridized carbons (Fsp3) is 0.111. The number of hydrogen-bond donors (Lipinski definition) is 1. The van der Waals surface area contributed by atoms with Crippen molar-refractivity contribution >= 4 is 28.4 Å². The van der Waals surface area contributed by atoms with E-state index in [4.69, 9.17) is 4.74 Å². The molecule has 0 unspecified atom stereocenters. The van der Waals surface area contributed by atoms with E-state index in [0.717, 1.165) is 11.0 Å². The third-order valence-corrected chi connectivity index (χ3v) is 3.95. The van der Waals surface area contributed by atoms with Crippen LogP contribution in [-0.2, 0) is 7.05 Å². The molecule has 130 valence electrons. The second-order valence-electron chi connectivity index (χ2n) is 5.50. The van der Waals surface area contributed by atoms with Crippen LogP contribution < -0.4 is 4.74 Å². The number of nitrogens with zero attached hydrogens (tertiary/aromatic N) is 4. The number of nitro benzene ring substituents is 1. The van der Waals surface area contributed by atoms with Gasteiger partial charge in [-0.25, -0.2) is 4.98 Å². The normalized spacial score (nSPS) is 11.3. The summed E-state index contributed by atoms with van der Waals surface area (Å²) in [5, 5.41) is 30.6. The summed E-state index contributed by atoms with van der Waals surface area (Å²) >= 11 is 0. The summed E-state index contributed by atoms with van der Waals surface area (Å²) in [7, 11) is 3.08. The van der Waals surface area contributed by atoms with Gasteiger partial charge < -0.3 is 14.4 Å². The van der Waals surface area contributed by atoms with E-state index in [9.17, 15) is 20.5 Å². The van der Waals surface area contributed by atoms with Crippen molar-refractivity contribution in [1.29, 1.82) is 5.26 Å². The van der Waals surface area contributed by atoms with E-state index in [1.807, 2.05) is 24.3 Å². The van der Waals surface area contributed by atoms with Crippen molar-refractivity contribution in [3.63, 3.8) is 0 Å². The Balaban J connectivity index is 2.18. The fourth-order valence-corrected chi connectivity index (χ4v) is 2.69. The van der Waals surface area contributed by atoms with Crippen molar-refractivity contribution in [3.8, 4) is 17.6 Å². The lowest BCUT2D eigenvalue weighted by Gasteiger charge is -2.06. The van der Waals surface area contributed by atoms with Crippen molar-refractivity contribution in [2.75, 3.05) is 7.11 Å². The molecule has 3 rings (SSSR count). The molecule has 0 fully saturated rings. The molecule has 0 amide bonds. The summed E-state index contributed by atoms with van der Waals surface area (Å²) in [6.07, 6.45) is 1.47. The second kappa shape index (κ2) is 6.57. The van der Waals surface area contributed by atoms with Crippen molar-refractivity contribution in [3.05, 3.63) is 57.9 Å². The Kier molecular flexibility index (Phi) is 4.29. The number of aromatic hydroxyl groups is 1. The third kappa shape index (κ3) is 2.82. The predicted octanol–water partition coefficient (Wildman–Crippen LogP) is 3.26. The number of benzene rings is 2. The number of hydrogen-bond acceptors (Lipinski definition) is 6. The van der Waals surface area contributed by atoms with Gasteiger partial charge in [0.15, 0.2) is 11.6 Å². The summed E-state index contributed by atoms with van der Waals surface area (Å²) < 4.78 is 6.76.